The molecule has 14 N–H and O–H groups in total. The molecule has 0 aliphatic rings. The van der Waals surface area contributed by atoms with Gasteiger partial charge in [0.2, 0.25) is 0 Å². The number of hydrogen-bond donors (Lipinski definition) is 14. The van der Waals surface area contributed by atoms with Gasteiger partial charge in [-0.1, -0.05) is 83.1 Å². The first-order chi connectivity index (χ1) is 37.6. The lowest BCUT2D eigenvalue weighted by Gasteiger charge is -2.34. The van der Waals surface area contributed by atoms with Gasteiger partial charge < -0.3 is 119 Å². The van der Waals surface area contributed by atoms with E-state index in [0.717, 1.165) is 0 Å². The smallest absolute Gasteiger partial charge is 0.112 e. The maximum absolute atomic E-state index is 9.90. The predicted octanol–water partition coefficient (Wildman–Crippen LogP) is 1.18. The Morgan fingerprint density at radius 2 is 0.366 bits per heavy atom. The standard InChI is InChI=1S/C11H24O4.3C10H22O4.C9H20O4.C8H18O4/c1-7(2)9(13-4)11(15-6)10(14-5)8(3)12;1-6(2)9(13-4)8(12)10(14-5)7(3)11;1-6(2)9(13-4)10(14-5)8(12)7(3)11;1-6(2)8(12)10(14-5)9(13-4)7(3)11;1-5(2)7(11)8(12)9(13-4)6(3)10;1-4(2)6(10)8(12)7(11)5(3)9/h7-12H,1-6H3;3*6-12H,1-5H3;5-12H,1-4H3;4-12H,1-3H3. The van der Waals surface area contributed by atoms with Gasteiger partial charge in [0.05, 0.1) is 73.2 Å². The van der Waals surface area contributed by atoms with Crippen molar-refractivity contribution in [2.45, 2.75) is 271 Å². The van der Waals surface area contributed by atoms with Crippen LogP contribution in [0.5, 0.6) is 0 Å². The summed E-state index contributed by atoms with van der Waals surface area (Å²) < 4.78 is 51.7. The second-order valence-corrected chi connectivity index (χ2v) is 22.8. The summed E-state index contributed by atoms with van der Waals surface area (Å²) in [5, 5.41) is 132. The molecule has 0 aliphatic heterocycles. The number of aliphatic hydroxyl groups excluding tert-OH is 14. The molecule has 0 fully saturated rings. The van der Waals surface area contributed by atoms with Crippen molar-refractivity contribution >= 4 is 0 Å². The van der Waals surface area contributed by atoms with Gasteiger partial charge in [-0.15, -0.1) is 0 Å². The van der Waals surface area contributed by atoms with Gasteiger partial charge in [-0.2, -0.15) is 0 Å². The summed E-state index contributed by atoms with van der Waals surface area (Å²) in [5.74, 6) is 0.553. The molecule has 0 spiro atoms. The van der Waals surface area contributed by atoms with Gasteiger partial charge in [0.15, 0.2) is 0 Å². The van der Waals surface area contributed by atoms with Crippen LogP contribution in [0.3, 0.4) is 0 Å². The van der Waals surface area contributed by atoms with Gasteiger partial charge in [-0.05, 0) is 77.0 Å². The number of ether oxygens (including phenoxy) is 10. The normalized spacial score (nSPS) is 20.8. The summed E-state index contributed by atoms with van der Waals surface area (Å²) in [6.45, 7) is 32.1. The van der Waals surface area contributed by atoms with Gasteiger partial charge in [0.25, 0.3) is 0 Å². The molecule has 0 saturated carbocycles. The van der Waals surface area contributed by atoms with Gasteiger partial charge in [-0.25, -0.2) is 0 Å². The maximum Gasteiger partial charge on any atom is 0.112 e. The van der Waals surface area contributed by atoms with Crippen molar-refractivity contribution in [3.63, 3.8) is 0 Å². The van der Waals surface area contributed by atoms with Gasteiger partial charge in [-0.3, -0.25) is 0 Å². The highest BCUT2D eigenvalue weighted by molar-refractivity contribution is 4.87. The summed E-state index contributed by atoms with van der Waals surface area (Å²) in [4.78, 5) is 0. The summed E-state index contributed by atoms with van der Waals surface area (Å²) in [5.41, 5.74) is 0. The second kappa shape index (κ2) is 51.0. The minimum Gasteiger partial charge on any atom is -0.391 e. The molecule has 0 aliphatic carbocycles. The van der Waals surface area contributed by atoms with E-state index in [2.05, 4.69) is 13.8 Å². The fourth-order valence-electron chi connectivity index (χ4n) is 8.53. The Labute approximate surface area is 495 Å². The van der Waals surface area contributed by atoms with Crippen LogP contribution >= 0.6 is 0 Å². The Morgan fingerprint density at radius 1 is 0.146 bits per heavy atom. The van der Waals surface area contributed by atoms with Crippen molar-refractivity contribution in [3.8, 4) is 0 Å². The first-order valence-electron chi connectivity index (χ1n) is 28.4. The molecule has 24 heteroatoms. The summed E-state index contributed by atoms with van der Waals surface area (Å²) in [6.07, 6.45) is -16.6. The largest absolute Gasteiger partial charge is 0.391 e. The number of methoxy groups -OCH3 is 10. The molecular weight excluding hydrogens is 1080 g/mol. The summed E-state index contributed by atoms with van der Waals surface area (Å²) >= 11 is 0. The van der Waals surface area contributed by atoms with Crippen LogP contribution < -0.4 is 0 Å². The maximum atomic E-state index is 9.90. The molecule has 504 valence electrons. The third kappa shape index (κ3) is 36.4. The van der Waals surface area contributed by atoms with E-state index in [4.69, 9.17) is 57.6 Å². The lowest BCUT2D eigenvalue weighted by Crippen LogP contribution is -2.48. The van der Waals surface area contributed by atoms with Crippen molar-refractivity contribution in [3.05, 3.63) is 0 Å². The van der Waals surface area contributed by atoms with Crippen LogP contribution in [0, 0.1) is 35.5 Å². The van der Waals surface area contributed by atoms with Crippen LogP contribution in [0.1, 0.15) is 125 Å². The third-order valence-corrected chi connectivity index (χ3v) is 13.7. The summed E-state index contributed by atoms with van der Waals surface area (Å²) in [6, 6.07) is 0. The molecule has 24 atom stereocenters. The van der Waals surface area contributed by atoms with Gasteiger partial charge in [0, 0.05) is 71.1 Å². The molecule has 0 amide bonds. The molecule has 0 saturated heterocycles. The zero-order chi connectivity index (χ0) is 66.4. The monoisotopic (exact) mass is 1210 g/mol. The van der Waals surface area contributed by atoms with Crippen LogP contribution in [-0.4, -0.2) is 289 Å². The number of rotatable bonds is 34. The molecule has 24 unspecified atom stereocenters. The molecule has 0 aromatic carbocycles. The Kier molecular flexibility index (Phi) is 57.3. The van der Waals surface area contributed by atoms with E-state index in [1.54, 1.807) is 84.0 Å². The lowest BCUT2D eigenvalue weighted by molar-refractivity contribution is -0.148. The van der Waals surface area contributed by atoms with Crippen LogP contribution in [0.4, 0.5) is 0 Å². The molecule has 0 heterocycles. The number of hydrogen-bond acceptors (Lipinski definition) is 24. The molecular formula is C58H128O24. The van der Waals surface area contributed by atoms with Crippen molar-refractivity contribution in [2.75, 3.05) is 71.1 Å². The van der Waals surface area contributed by atoms with E-state index in [1.807, 2.05) is 41.5 Å². The van der Waals surface area contributed by atoms with Crippen LogP contribution in [0.2, 0.25) is 0 Å². The van der Waals surface area contributed by atoms with Crippen LogP contribution in [0.25, 0.3) is 0 Å². The van der Waals surface area contributed by atoms with Crippen molar-refractivity contribution < 1.29 is 119 Å². The van der Waals surface area contributed by atoms with E-state index in [9.17, 15) is 61.3 Å². The SMILES string of the molecule is CC(C)C(O)C(O)C(O)C(C)O.COC(C(C)C)C(O)C(OC)C(C)O.COC(C(C)C)C(OC)C(O)C(C)O.COC(C(C)C)C(OC)C(OC)C(C)O.COC(C(C)O)C(O)C(O)C(C)C.COC(C(C)O)C(OC)C(O)C(C)C. The van der Waals surface area contributed by atoms with Crippen molar-refractivity contribution in [1.82, 2.24) is 0 Å². The third-order valence-electron chi connectivity index (χ3n) is 13.7. The Balaban J connectivity index is -0.000000212. The Bertz CT molecular complexity index is 1300. The highest BCUT2D eigenvalue weighted by atomic mass is 16.6. The minimum atomic E-state index is -1.29. The second-order valence-electron chi connectivity index (χ2n) is 22.8. The quantitative estimate of drug-likeness (QED) is 0.0430. The highest BCUT2D eigenvalue weighted by Crippen LogP contribution is 2.22. The lowest BCUT2D eigenvalue weighted by atomic mass is 9.95. The van der Waals surface area contributed by atoms with Crippen LogP contribution in [-0.2, 0) is 47.4 Å². The fourth-order valence-corrected chi connectivity index (χ4v) is 8.53. The van der Waals surface area contributed by atoms with E-state index in [-0.39, 0.29) is 60.1 Å². The average molecular weight is 1210 g/mol. The molecule has 0 aromatic heterocycles. The first-order valence-corrected chi connectivity index (χ1v) is 28.4. The highest BCUT2D eigenvalue weighted by Gasteiger charge is 2.37. The fraction of sp³-hybridized carbons (Fsp3) is 1.00. The zero-order valence-corrected chi connectivity index (χ0v) is 55.7. The van der Waals surface area contributed by atoms with Crippen molar-refractivity contribution in [1.29, 1.82) is 0 Å². The molecule has 0 rings (SSSR count). The van der Waals surface area contributed by atoms with Gasteiger partial charge in [0.1, 0.15) is 73.2 Å². The first kappa shape index (κ1) is 92.2. The van der Waals surface area contributed by atoms with E-state index in [1.165, 1.54) is 56.3 Å². The van der Waals surface area contributed by atoms with E-state index >= 15 is 0 Å². The van der Waals surface area contributed by atoms with Crippen molar-refractivity contribution in [2.24, 2.45) is 35.5 Å². The molecule has 24 nitrogen and oxygen atoms in total. The van der Waals surface area contributed by atoms with E-state index < -0.39 is 116 Å². The average Bonchev–Trinajstić information content (AvgIpc) is 3.38. The number of aliphatic hydroxyl groups is 14. The Hall–Kier alpha value is -0.960. The molecule has 0 bridgehead atoms. The molecule has 0 aromatic rings. The topological polar surface area (TPSA) is 376 Å². The predicted molar refractivity (Wildman–Crippen MR) is 315 cm³/mol. The molecule has 82 heavy (non-hydrogen) atoms. The van der Waals surface area contributed by atoms with Gasteiger partial charge >= 0.3 is 0 Å². The zero-order valence-electron chi connectivity index (χ0n) is 55.7. The summed E-state index contributed by atoms with van der Waals surface area (Å²) in [7, 11) is 15.3. The molecule has 0 radical (unpaired) electrons. The van der Waals surface area contributed by atoms with E-state index in [0.29, 0.717) is 5.92 Å². The van der Waals surface area contributed by atoms with Crippen LogP contribution in [0.15, 0.2) is 0 Å². The Morgan fingerprint density at radius 3 is 0.585 bits per heavy atom. The minimum absolute atomic E-state index is 0.0635.